The minimum absolute atomic E-state index is 0.133. The highest BCUT2D eigenvalue weighted by Gasteiger charge is 2.00. The molecule has 0 radical (unpaired) electrons. The molecule has 0 spiro atoms. The van der Waals surface area contributed by atoms with Crippen molar-refractivity contribution in [2.45, 2.75) is 0 Å². The molecule has 62 valence electrons. The summed E-state index contributed by atoms with van der Waals surface area (Å²) >= 11 is 0. The van der Waals surface area contributed by atoms with Crippen molar-refractivity contribution in [1.82, 2.24) is 25.1 Å². The predicted octanol–water partition coefficient (Wildman–Crippen LogP) is -0.292. The zero-order valence-corrected chi connectivity index (χ0v) is 6.34. The van der Waals surface area contributed by atoms with Gasteiger partial charge in [-0.2, -0.15) is 10.2 Å². The summed E-state index contributed by atoms with van der Waals surface area (Å²) in [6.45, 7) is 0. The van der Waals surface area contributed by atoms with E-state index < -0.39 is 0 Å². The molecule has 0 bridgehead atoms. The van der Waals surface area contributed by atoms with Gasteiger partial charge in [-0.25, -0.2) is 9.97 Å². The second-order valence-electron chi connectivity index (χ2n) is 2.10. The van der Waals surface area contributed by atoms with E-state index in [1.165, 1.54) is 12.5 Å². The smallest absolute Gasteiger partial charge is 0.258 e. The van der Waals surface area contributed by atoms with Crippen molar-refractivity contribution >= 4 is 17.1 Å². The molecular formula is C6H3N7. The number of hydrogen-bond acceptors (Lipinski definition) is 7. The van der Waals surface area contributed by atoms with Gasteiger partial charge in [0.2, 0.25) is 0 Å². The Hall–Kier alpha value is -2.36. The first-order chi connectivity index (χ1) is 6.40. The zero-order chi connectivity index (χ0) is 9.10. The van der Waals surface area contributed by atoms with Crippen molar-refractivity contribution < 1.29 is 0 Å². The van der Waals surface area contributed by atoms with Gasteiger partial charge in [0.05, 0.1) is 6.20 Å². The van der Waals surface area contributed by atoms with Crippen LogP contribution in [0.25, 0.3) is 11.2 Å². The van der Waals surface area contributed by atoms with E-state index in [-0.39, 0.29) is 5.95 Å². The maximum absolute atomic E-state index is 8.29. The van der Waals surface area contributed by atoms with Gasteiger partial charge in [-0.15, -0.1) is 10.2 Å². The van der Waals surface area contributed by atoms with Crippen LogP contribution in [0.2, 0.25) is 0 Å². The standard InChI is InChI=1S/C6H3N7/c7-2-9-6-11-5-4(12-13-6)1-8-3-10-5/h1,3H,(H,8,9,10,11,13). The predicted molar refractivity (Wildman–Crippen MR) is 42.2 cm³/mol. The summed E-state index contributed by atoms with van der Waals surface area (Å²) in [5.41, 5.74) is 0.897. The Morgan fingerprint density at radius 3 is 3.15 bits per heavy atom. The number of nitrogens with zero attached hydrogens (tertiary/aromatic N) is 6. The summed E-state index contributed by atoms with van der Waals surface area (Å²) in [6.07, 6.45) is 4.54. The Morgan fingerprint density at radius 2 is 2.31 bits per heavy atom. The lowest BCUT2D eigenvalue weighted by molar-refractivity contribution is 1.00. The van der Waals surface area contributed by atoms with Crippen LogP contribution in [0.15, 0.2) is 12.5 Å². The molecule has 7 heteroatoms. The van der Waals surface area contributed by atoms with E-state index in [0.29, 0.717) is 11.2 Å². The molecule has 0 aliphatic carbocycles. The molecule has 2 heterocycles. The third-order valence-corrected chi connectivity index (χ3v) is 1.30. The molecule has 0 saturated carbocycles. The summed E-state index contributed by atoms with van der Waals surface area (Å²) in [4.78, 5) is 11.5. The highest BCUT2D eigenvalue weighted by atomic mass is 15.2. The number of rotatable bonds is 1. The van der Waals surface area contributed by atoms with Crippen LogP contribution in [0.4, 0.5) is 5.95 Å². The molecule has 0 atom stereocenters. The average molecular weight is 173 g/mol. The van der Waals surface area contributed by atoms with Gasteiger partial charge in [0.1, 0.15) is 11.8 Å². The van der Waals surface area contributed by atoms with Gasteiger partial charge in [-0.1, -0.05) is 0 Å². The van der Waals surface area contributed by atoms with Crippen molar-refractivity contribution in [1.29, 1.82) is 5.26 Å². The third-order valence-electron chi connectivity index (χ3n) is 1.30. The monoisotopic (exact) mass is 173 g/mol. The van der Waals surface area contributed by atoms with E-state index in [0.717, 1.165) is 0 Å². The molecule has 1 N–H and O–H groups in total. The van der Waals surface area contributed by atoms with E-state index in [1.807, 2.05) is 0 Å². The van der Waals surface area contributed by atoms with E-state index in [2.05, 4.69) is 30.5 Å². The first-order valence-electron chi connectivity index (χ1n) is 3.35. The van der Waals surface area contributed by atoms with Gasteiger partial charge < -0.3 is 0 Å². The molecule has 0 aliphatic heterocycles. The quantitative estimate of drug-likeness (QED) is 0.467. The second-order valence-corrected chi connectivity index (χ2v) is 2.10. The molecule has 2 aromatic rings. The number of nitriles is 1. The highest BCUT2D eigenvalue weighted by Crippen LogP contribution is 2.03. The van der Waals surface area contributed by atoms with Crippen LogP contribution in [-0.4, -0.2) is 25.1 Å². The normalized spacial score (nSPS) is 9.46. The fraction of sp³-hybridized carbons (Fsp3) is 0. The van der Waals surface area contributed by atoms with Gasteiger partial charge in [-0.3, -0.25) is 5.32 Å². The fourth-order valence-corrected chi connectivity index (χ4v) is 0.799. The highest BCUT2D eigenvalue weighted by molar-refractivity contribution is 5.68. The average Bonchev–Trinajstić information content (AvgIpc) is 2.18. The van der Waals surface area contributed by atoms with Crippen molar-refractivity contribution in [2.75, 3.05) is 5.32 Å². The molecular weight excluding hydrogens is 170 g/mol. The lowest BCUT2D eigenvalue weighted by Gasteiger charge is -1.94. The largest absolute Gasteiger partial charge is 0.259 e. The lowest BCUT2D eigenvalue weighted by Crippen LogP contribution is -1.99. The van der Waals surface area contributed by atoms with Gasteiger partial charge >= 0.3 is 0 Å². The van der Waals surface area contributed by atoms with Crippen LogP contribution >= 0.6 is 0 Å². The van der Waals surface area contributed by atoms with Gasteiger partial charge in [-0.05, 0) is 0 Å². The molecule has 2 rings (SSSR count). The lowest BCUT2D eigenvalue weighted by atomic mass is 10.5. The second kappa shape index (κ2) is 2.94. The summed E-state index contributed by atoms with van der Waals surface area (Å²) in [5, 5.41) is 17.9. The molecule has 0 saturated heterocycles. The number of anilines is 1. The molecule has 7 nitrogen and oxygen atoms in total. The third kappa shape index (κ3) is 1.32. The van der Waals surface area contributed by atoms with Crippen LogP contribution < -0.4 is 5.32 Å². The summed E-state index contributed by atoms with van der Waals surface area (Å²) in [6, 6.07) is 0. The van der Waals surface area contributed by atoms with Crippen LogP contribution in [0, 0.1) is 11.5 Å². The minimum atomic E-state index is 0.133. The van der Waals surface area contributed by atoms with E-state index >= 15 is 0 Å². The number of fused-ring (bicyclic) bond motifs is 1. The Kier molecular flexibility index (Phi) is 1.65. The van der Waals surface area contributed by atoms with Crippen LogP contribution in [-0.2, 0) is 0 Å². The first kappa shape index (κ1) is 7.30. The first-order valence-corrected chi connectivity index (χ1v) is 3.35. The Morgan fingerprint density at radius 1 is 1.38 bits per heavy atom. The topological polar surface area (TPSA) is 100 Å². The molecule has 0 amide bonds. The van der Waals surface area contributed by atoms with E-state index in [9.17, 15) is 0 Å². The van der Waals surface area contributed by atoms with Crippen LogP contribution in [0.1, 0.15) is 0 Å². The molecule has 0 aromatic carbocycles. The van der Waals surface area contributed by atoms with Crippen molar-refractivity contribution in [2.24, 2.45) is 0 Å². The van der Waals surface area contributed by atoms with Crippen LogP contribution in [0.5, 0.6) is 0 Å². The summed E-state index contributed by atoms with van der Waals surface area (Å²) in [5.74, 6) is 0.133. The Bertz CT molecular complexity index is 474. The maximum atomic E-state index is 8.29. The van der Waals surface area contributed by atoms with Crippen molar-refractivity contribution in [3.63, 3.8) is 0 Å². The Balaban J connectivity index is 2.57. The van der Waals surface area contributed by atoms with Gasteiger partial charge in [0.25, 0.3) is 5.95 Å². The van der Waals surface area contributed by atoms with Gasteiger partial charge in [0, 0.05) is 0 Å². The summed E-state index contributed by atoms with van der Waals surface area (Å²) in [7, 11) is 0. The van der Waals surface area contributed by atoms with E-state index in [1.54, 1.807) is 6.19 Å². The van der Waals surface area contributed by atoms with Gasteiger partial charge in [0.15, 0.2) is 11.8 Å². The van der Waals surface area contributed by atoms with Crippen molar-refractivity contribution in [3.05, 3.63) is 12.5 Å². The number of nitrogens with one attached hydrogen (secondary N) is 1. The molecule has 0 unspecified atom stereocenters. The number of aromatic nitrogens is 5. The Labute approximate surface area is 72.5 Å². The zero-order valence-electron chi connectivity index (χ0n) is 6.34. The fourth-order valence-electron chi connectivity index (χ4n) is 0.799. The molecule has 0 fully saturated rings. The van der Waals surface area contributed by atoms with Crippen molar-refractivity contribution in [3.8, 4) is 6.19 Å². The molecule has 2 aromatic heterocycles. The SMILES string of the molecule is N#CNc1nnc2cncnc2n1. The molecule has 13 heavy (non-hydrogen) atoms. The number of hydrogen-bond donors (Lipinski definition) is 1. The van der Waals surface area contributed by atoms with Crippen LogP contribution in [0.3, 0.4) is 0 Å². The minimum Gasteiger partial charge on any atom is -0.259 e. The maximum Gasteiger partial charge on any atom is 0.258 e. The molecule has 0 aliphatic rings. The summed E-state index contributed by atoms with van der Waals surface area (Å²) < 4.78 is 0. The van der Waals surface area contributed by atoms with E-state index in [4.69, 9.17) is 5.26 Å².